The average molecular weight is 409 g/mol. The van der Waals surface area contributed by atoms with E-state index in [1.807, 2.05) is 6.92 Å². The maximum atomic E-state index is 12.1. The van der Waals surface area contributed by atoms with Gasteiger partial charge in [-0.25, -0.2) is 4.79 Å². The zero-order valence-electron chi connectivity index (χ0n) is 17.3. The lowest BCUT2D eigenvalue weighted by Crippen LogP contribution is -2.22. The van der Waals surface area contributed by atoms with E-state index in [1.54, 1.807) is 0 Å². The number of hydrogen-bond acceptors (Lipinski definition) is 7. The van der Waals surface area contributed by atoms with Crippen LogP contribution in [0.4, 0.5) is 10.5 Å². The van der Waals surface area contributed by atoms with E-state index in [9.17, 15) is 19.7 Å². The maximum absolute atomic E-state index is 12.1. The lowest BCUT2D eigenvalue weighted by molar-refractivity contribution is -0.384. The highest BCUT2D eigenvalue weighted by molar-refractivity contribution is 5.69. The number of unbranched alkanes of at least 4 members (excludes halogenated alkanes) is 4. The molecule has 0 radical (unpaired) electrons. The third-order valence-electron chi connectivity index (χ3n) is 4.32. The van der Waals surface area contributed by atoms with Crippen molar-refractivity contribution in [1.82, 2.24) is 0 Å². The molecule has 0 spiro atoms. The van der Waals surface area contributed by atoms with Crippen LogP contribution in [0.5, 0.6) is 5.75 Å². The minimum atomic E-state index is -0.890. The van der Waals surface area contributed by atoms with Crippen molar-refractivity contribution in [3.63, 3.8) is 0 Å². The third-order valence-corrected chi connectivity index (χ3v) is 4.32. The van der Waals surface area contributed by atoms with Gasteiger partial charge >= 0.3 is 12.1 Å². The van der Waals surface area contributed by atoms with Crippen LogP contribution in [-0.2, 0) is 14.3 Å². The van der Waals surface area contributed by atoms with Gasteiger partial charge in [0.1, 0.15) is 11.9 Å². The first kappa shape index (κ1) is 24.4. The van der Waals surface area contributed by atoms with Crippen molar-refractivity contribution in [3.8, 4) is 5.75 Å². The number of rotatable bonds is 14. The summed E-state index contributed by atoms with van der Waals surface area (Å²) in [6.45, 7) is 4.53. The van der Waals surface area contributed by atoms with Crippen LogP contribution >= 0.6 is 0 Å². The first-order chi connectivity index (χ1) is 14.0. The number of nitrogens with zero attached hydrogens (tertiary/aromatic N) is 1. The summed E-state index contributed by atoms with van der Waals surface area (Å²) in [6.07, 6.45) is 5.71. The Balaban J connectivity index is 2.53. The Kier molecular flexibility index (Phi) is 12.1. The molecule has 8 heteroatoms. The van der Waals surface area contributed by atoms with Crippen LogP contribution in [0.3, 0.4) is 0 Å². The van der Waals surface area contributed by atoms with Gasteiger partial charge in [-0.15, -0.1) is 0 Å². The maximum Gasteiger partial charge on any atom is 0.514 e. The highest BCUT2D eigenvalue weighted by Crippen LogP contribution is 2.19. The van der Waals surface area contributed by atoms with Crippen LogP contribution in [0.25, 0.3) is 0 Å². The van der Waals surface area contributed by atoms with E-state index >= 15 is 0 Å². The van der Waals surface area contributed by atoms with E-state index in [0.29, 0.717) is 19.4 Å². The van der Waals surface area contributed by atoms with Gasteiger partial charge in [0, 0.05) is 18.6 Å². The Morgan fingerprint density at radius 3 is 2.31 bits per heavy atom. The second kappa shape index (κ2) is 14.4. The molecular weight excluding hydrogens is 378 g/mol. The minimum absolute atomic E-state index is 0.0962. The zero-order chi connectivity index (χ0) is 21.5. The van der Waals surface area contributed by atoms with Gasteiger partial charge in [-0.1, -0.05) is 39.5 Å². The van der Waals surface area contributed by atoms with Crippen LogP contribution in [-0.4, -0.2) is 29.8 Å². The summed E-state index contributed by atoms with van der Waals surface area (Å²) in [4.78, 5) is 34.0. The Morgan fingerprint density at radius 1 is 1.00 bits per heavy atom. The number of nitro groups is 1. The molecule has 0 aliphatic heterocycles. The van der Waals surface area contributed by atoms with Crippen molar-refractivity contribution in [3.05, 3.63) is 34.4 Å². The summed E-state index contributed by atoms with van der Waals surface area (Å²) in [7, 11) is 0. The van der Waals surface area contributed by atoms with Gasteiger partial charge in [0.15, 0.2) is 0 Å². The predicted octanol–water partition coefficient (Wildman–Crippen LogP) is 5.57. The fourth-order valence-electron chi connectivity index (χ4n) is 2.63. The molecule has 29 heavy (non-hydrogen) atoms. The molecule has 1 aromatic carbocycles. The van der Waals surface area contributed by atoms with Gasteiger partial charge in [0.05, 0.1) is 11.5 Å². The number of non-ortho nitro benzene ring substituents is 1. The second-order valence-corrected chi connectivity index (χ2v) is 6.80. The van der Waals surface area contributed by atoms with Crippen LogP contribution in [0.1, 0.15) is 71.6 Å². The first-order valence-electron chi connectivity index (χ1n) is 10.2. The summed E-state index contributed by atoms with van der Waals surface area (Å²) in [5.41, 5.74) is -0.0962. The molecule has 0 heterocycles. The summed E-state index contributed by atoms with van der Waals surface area (Å²) >= 11 is 0. The molecule has 0 saturated carbocycles. The number of nitro benzene ring substituents is 1. The molecule has 0 unspecified atom stereocenters. The number of carbonyl (C=O) groups excluding carboxylic acids is 2. The van der Waals surface area contributed by atoms with E-state index in [4.69, 9.17) is 14.2 Å². The molecular formula is C21H31NO7. The highest BCUT2D eigenvalue weighted by Gasteiger charge is 2.18. The molecule has 162 valence electrons. The van der Waals surface area contributed by atoms with Crippen LogP contribution < -0.4 is 4.74 Å². The Bertz CT molecular complexity index is 630. The molecule has 0 aliphatic rings. The Labute approximate surface area is 171 Å². The van der Waals surface area contributed by atoms with Crippen molar-refractivity contribution in [1.29, 1.82) is 0 Å². The quantitative estimate of drug-likeness (QED) is 0.130. The van der Waals surface area contributed by atoms with Gasteiger partial charge in [-0.2, -0.15) is 0 Å². The number of benzene rings is 1. The number of ether oxygens (including phenoxy) is 3. The summed E-state index contributed by atoms with van der Waals surface area (Å²) in [6, 6.07) is 5.16. The molecule has 1 aromatic rings. The predicted molar refractivity (Wildman–Crippen MR) is 108 cm³/mol. The molecule has 0 amide bonds. The molecule has 0 saturated heterocycles. The molecule has 0 aliphatic carbocycles. The lowest BCUT2D eigenvalue weighted by Gasteiger charge is -2.17. The van der Waals surface area contributed by atoms with Gasteiger partial charge in [0.25, 0.3) is 5.69 Å². The van der Waals surface area contributed by atoms with Gasteiger partial charge < -0.3 is 14.2 Å². The summed E-state index contributed by atoms with van der Waals surface area (Å²) in [5.74, 6) is -0.145. The van der Waals surface area contributed by atoms with E-state index in [2.05, 4.69) is 6.92 Å². The standard InChI is InChI=1S/C21H31NO7/c1-3-5-7-8-9-18(14-15-20(23)27-16-6-4-2)28-21(24)29-19-12-10-17(11-13-19)22(25)26/h10-13,18H,3-9,14-16H2,1-2H3/t18-/m0/s1. The van der Waals surface area contributed by atoms with E-state index < -0.39 is 17.2 Å². The van der Waals surface area contributed by atoms with Gasteiger partial charge in [-0.3, -0.25) is 14.9 Å². The van der Waals surface area contributed by atoms with Crippen LogP contribution in [0, 0.1) is 10.1 Å². The molecule has 0 N–H and O–H groups in total. The van der Waals surface area contributed by atoms with Crippen LogP contribution in [0.15, 0.2) is 24.3 Å². The molecule has 1 atom stereocenters. The normalized spacial score (nSPS) is 11.5. The van der Waals surface area contributed by atoms with E-state index in [-0.39, 0.29) is 23.8 Å². The summed E-state index contributed by atoms with van der Waals surface area (Å²) < 4.78 is 15.6. The van der Waals surface area contributed by atoms with Gasteiger partial charge in [0.2, 0.25) is 0 Å². The van der Waals surface area contributed by atoms with E-state index in [0.717, 1.165) is 38.5 Å². The molecule has 0 bridgehead atoms. The minimum Gasteiger partial charge on any atom is -0.466 e. The Morgan fingerprint density at radius 2 is 1.69 bits per heavy atom. The smallest absolute Gasteiger partial charge is 0.466 e. The van der Waals surface area contributed by atoms with Gasteiger partial charge in [-0.05, 0) is 37.8 Å². The van der Waals surface area contributed by atoms with Crippen molar-refractivity contribution in [2.75, 3.05) is 6.61 Å². The lowest BCUT2D eigenvalue weighted by atomic mass is 10.1. The van der Waals surface area contributed by atoms with Crippen LogP contribution in [0.2, 0.25) is 0 Å². The van der Waals surface area contributed by atoms with Crippen molar-refractivity contribution in [2.45, 2.75) is 77.7 Å². The number of hydrogen-bond donors (Lipinski definition) is 0. The second-order valence-electron chi connectivity index (χ2n) is 6.80. The Hall–Kier alpha value is -2.64. The van der Waals surface area contributed by atoms with Crippen molar-refractivity contribution >= 4 is 17.8 Å². The summed E-state index contributed by atoms with van der Waals surface area (Å²) in [5, 5.41) is 10.7. The molecule has 0 aromatic heterocycles. The highest BCUT2D eigenvalue weighted by atomic mass is 16.7. The zero-order valence-corrected chi connectivity index (χ0v) is 17.3. The molecule has 0 fully saturated rings. The third kappa shape index (κ3) is 11.1. The first-order valence-corrected chi connectivity index (χ1v) is 10.2. The monoisotopic (exact) mass is 409 g/mol. The average Bonchev–Trinajstić information content (AvgIpc) is 2.69. The topological polar surface area (TPSA) is 105 Å². The molecule has 8 nitrogen and oxygen atoms in total. The largest absolute Gasteiger partial charge is 0.514 e. The molecule has 1 rings (SSSR count). The fourth-order valence-corrected chi connectivity index (χ4v) is 2.63. The number of carbonyl (C=O) groups is 2. The van der Waals surface area contributed by atoms with Crippen molar-refractivity contribution < 1.29 is 28.7 Å². The SMILES string of the molecule is CCCCCC[C@@H](CCC(=O)OCCCC)OC(=O)Oc1ccc([N+](=O)[O-])cc1. The van der Waals surface area contributed by atoms with Crippen molar-refractivity contribution in [2.24, 2.45) is 0 Å². The fraction of sp³-hybridized carbons (Fsp3) is 0.619. The van der Waals surface area contributed by atoms with E-state index in [1.165, 1.54) is 24.3 Å². The number of esters is 1.